The van der Waals surface area contributed by atoms with E-state index in [1.54, 1.807) is 29.7 Å². The molecule has 2 aromatic rings. The molecule has 0 amide bonds. The topological polar surface area (TPSA) is 78.3 Å². The first-order chi connectivity index (χ1) is 14.2. The van der Waals surface area contributed by atoms with E-state index in [9.17, 15) is 14.4 Å². The number of nitrogens with zero attached hydrogens (tertiary/aromatic N) is 2. The molecule has 3 rings (SSSR count). The molecule has 0 N–H and O–H groups in total. The number of ketones is 1. The lowest BCUT2D eigenvalue weighted by Gasteiger charge is -2.26. The van der Waals surface area contributed by atoms with Crippen LogP contribution in [0.2, 0.25) is 0 Å². The van der Waals surface area contributed by atoms with E-state index in [0.29, 0.717) is 21.6 Å². The molecule has 1 aromatic heterocycles. The standard InChI is InChI=1S/C23H30N2O4S/c1-5-29-21(28)15-11-12-17-18(13-15)24-22(30-14-19(26)23(2,3)4)25(20(17)27)16-9-7-6-8-10-16/h11-13,16H,5-10,14H2,1-4H3. The summed E-state index contributed by atoms with van der Waals surface area (Å²) in [5.41, 5.74) is 0.279. The Labute approximate surface area is 181 Å². The maximum absolute atomic E-state index is 13.4. The molecule has 30 heavy (non-hydrogen) atoms. The first kappa shape index (κ1) is 22.5. The summed E-state index contributed by atoms with van der Waals surface area (Å²) >= 11 is 1.32. The van der Waals surface area contributed by atoms with E-state index in [1.165, 1.54) is 18.2 Å². The summed E-state index contributed by atoms with van der Waals surface area (Å²) in [7, 11) is 0. The Morgan fingerprint density at radius 2 is 1.90 bits per heavy atom. The minimum atomic E-state index is -0.448. The average molecular weight is 431 g/mol. The molecule has 0 spiro atoms. The van der Waals surface area contributed by atoms with Gasteiger partial charge in [0.05, 0.1) is 28.8 Å². The van der Waals surface area contributed by atoms with Gasteiger partial charge in [-0.15, -0.1) is 0 Å². The highest BCUT2D eigenvalue weighted by atomic mass is 32.2. The van der Waals surface area contributed by atoms with Gasteiger partial charge in [0.2, 0.25) is 0 Å². The first-order valence-corrected chi connectivity index (χ1v) is 11.6. The third-order valence-corrected chi connectivity index (χ3v) is 6.44. The van der Waals surface area contributed by atoms with Gasteiger partial charge in [-0.3, -0.25) is 14.2 Å². The van der Waals surface area contributed by atoms with Crippen molar-refractivity contribution in [1.82, 2.24) is 9.55 Å². The Morgan fingerprint density at radius 3 is 2.53 bits per heavy atom. The van der Waals surface area contributed by atoms with Crippen LogP contribution in [0.5, 0.6) is 0 Å². The average Bonchev–Trinajstić information content (AvgIpc) is 2.71. The number of aromatic nitrogens is 2. The smallest absolute Gasteiger partial charge is 0.338 e. The van der Waals surface area contributed by atoms with E-state index in [4.69, 9.17) is 9.72 Å². The highest BCUT2D eigenvalue weighted by molar-refractivity contribution is 7.99. The molecule has 1 fully saturated rings. The van der Waals surface area contributed by atoms with Crippen LogP contribution in [-0.2, 0) is 9.53 Å². The van der Waals surface area contributed by atoms with Gasteiger partial charge in [-0.05, 0) is 38.0 Å². The number of carbonyl (C=O) groups excluding carboxylic acids is 2. The quantitative estimate of drug-likeness (QED) is 0.373. The van der Waals surface area contributed by atoms with Crippen LogP contribution in [0.4, 0.5) is 0 Å². The highest BCUT2D eigenvalue weighted by Gasteiger charge is 2.25. The monoisotopic (exact) mass is 430 g/mol. The van der Waals surface area contributed by atoms with Crippen molar-refractivity contribution in [2.75, 3.05) is 12.4 Å². The Hall–Kier alpha value is -2.15. The zero-order valence-electron chi connectivity index (χ0n) is 18.2. The Kier molecular flexibility index (Phi) is 7.01. The van der Waals surface area contributed by atoms with E-state index in [1.807, 2.05) is 20.8 Å². The van der Waals surface area contributed by atoms with Gasteiger partial charge in [0.15, 0.2) is 5.16 Å². The molecule has 0 atom stereocenters. The summed E-state index contributed by atoms with van der Waals surface area (Å²) < 4.78 is 6.86. The normalized spacial score (nSPS) is 15.3. The lowest BCUT2D eigenvalue weighted by atomic mass is 9.92. The second-order valence-electron chi connectivity index (χ2n) is 8.78. The lowest BCUT2D eigenvalue weighted by Crippen LogP contribution is -2.30. The van der Waals surface area contributed by atoms with Gasteiger partial charge in [-0.1, -0.05) is 51.8 Å². The Balaban J connectivity index is 2.07. The molecule has 1 aliphatic carbocycles. The summed E-state index contributed by atoms with van der Waals surface area (Å²) in [5, 5.41) is 1.04. The van der Waals surface area contributed by atoms with Crippen molar-refractivity contribution in [2.24, 2.45) is 5.41 Å². The van der Waals surface area contributed by atoms with Crippen LogP contribution in [0, 0.1) is 5.41 Å². The third-order valence-electron chi connectivity index (χ3n) is 5.49. The second-order valence-corrected chi connectivity index (χ2v) is 9.72. The molecule has 6 nitrogen and oxygen atoms in total. The molecular weight excluding hydrogens is 400 g/mol. The number of fused-ring (bicyclic) bond motifs is 1. The minimum absolute atomic E-state index is 0.0973. The van der Waals surface area contributed by atoms with Crippen LogP contribution < -0.4 is 5.56 Å². The fourth-order valence-electron chi connectivity index (χ4n) is 3.63. The molecule has 0 unspecified atom stereocenters. The molecule has 0 aliphatic heterocycles. The Bertz CT molecular complexity index is 1000. The van der Waals surface area contributed by atoms with Gasteiger partial charge in [0.1, 0.15) is 5.78 Å². The van der Waals surface area contributed by atoms with Crippen LogP contribution in [0.25, 0.3) is 10.9 Å². The summed E-state index contributed by atoms with van der Waals surface area (Å²) in [6.45, 7) is 7.71. The molecular formula is C23H30N2O4S. The number of ether oxygens (including phenoxy) is 1. The fraction of sp³-hybridized carbons (Fsp3) is 0.565. The van der Waals surface area contributed by atoms with Crippen molar-refractivity contribution in [2.45, 2.75) is 71.0 Å². The van der Waals surface area contributed by atoms with Crippen LogP contribution in [0.15, 0.2) is 28.2 Å². The van der Waals surface area contributed by atoms with E-state index in [2.05, 4.69) is 0 Å². The van der Waals surface area contributed by atoms with Crippen molar-refractivity contribution in [3.63, 3.8) is 0 Å². The number of carbonyl (C=O) groups is 2. The van der Waals surface area contributed by atoms with Crippen molar-refractivity contribution < 1.29 is 14.3 Å². The lowest BCUT2D eigenvalue weighted by molar-refractivity contribution is -0.123. The summed E-state index contributed by atoms with van der Waals surface area (Å²) in [5.74, 6) is -0.0711. The predicted octanol–water partition coefficient (Wildman–Crippen LogP) is 4.79. The minimum Gasteiger partial charge on any atom is -0.462 e. The van der Waals surface area contributed by atoms with Gasteiger partial charge in [-0.2, -0.15) is 0 Å². The number of thioether (sulfide) groups is 1. The number of benzene rings is 1. The van der Waals surface area contributed by atoms with E-state index >= 15 is 0 Å². The number of hydrogen-bond donors (Lipinski definition) is 0. The van der Waals surface area contributed by atoms with Gasteiger partial charge in [0, 0.05) is 11.5 Å². The van der Waals surface area contributed by atoms with E-state index in [0.717, 1.165) is 25.7 Å². The number of Topliss-reactive ketones (excluding diaryl/α,β-unsaturated/α-hetero) is 1. The molecule has 1 saturated carbocycles. The van der Waals surface area contributed by atoms with Crippen LogP contribution in [0.1, 0.15) is 76.2 Å². The van der Waals surface area contributed by atoms with Gasteiger partial charge in [0.25, 0.3) is 5.56 Å². The first-order valence-electron chi connectivity index (χ1n) is 10.6. The molecule has 0 radical (unpaired) electrons. The summed E-state index contributed by atoms with van der Waals surface area (Å²) in [6.07, 6.45) is 5.23. The zero-order valence-corrected chi connectivity index (χ0v) is 19.0. The van der Waals surface area contributed by atoms with Crippen LogP contribution in [0.3, 0.4) is 0 Å². The zero-order chi connectivity index (χ0) is 21.9. The molecule has 7 heteroatoms. The number of esters is 1. The van der Waals surface area contributed by atoms with Crippen LogP contribution in [-0.4, -0.2) is 33.7 Å². The van der Waals surface area contributed by atoms with Crippen molar-refractivity contribution in [3.05, 3.63) is 34.1 Å². The van der Waals surface area contributed by atoms with E-state index < -0.39 is 11.4 Å². The maximum atomic E-state index is 13.4. The summed E-state index contributed by atoms with van der Waals surface area (Å²) in [6, 6.07) is 4.98. The van der Waals surface area contributed by atoms with E-state index in [-0.39, 0.29) is 29.7 Å². The molecule has 0 bridgehead atoms. The molecule has 162 valence electrons. The fourth-order valence-corrected chi connectivity index (χ4v) is 4.86. The molecule has 1 aromatic carbocycles. The van der Waals surface area contributed by atoms with Crippen LogP contribution >= 0.6 is 11.8 Å². The maximum Gasteiger partial charge on any atom is 0.338 e. The van der Waals surface area contributed by atoms with Gasteiger partial charge >= 0.3 is 5.97 Å². The third kappa shape index (κ3) is 4.94. The van der Waals surface area contributed by atoms with Crippen molar-refractivity contribution in [3.8, 4) is 0 Å². The second kappa shape index (κ2) is 9.33. The molecule has 0 saturated heterocycles. The van der Waals surface area contributed by atoms with Gasteiger partial charge < -0.3 is 4.74 Å². The molecule has 1 aliphatic rings. The highest BCUT2D eigenvalue weighted by Crippen LogP contribution is 2.32. The number of rotatable bonds is 6. The predicted molar refractivity (Wildman–Crippen MR) is 119 cm³/mol. The van der Waals surface area contributed by atoms with Crippen molar-refractivity contribution >= 4 is 34.4 Å². The molecule has 1 heterocycles. The summed E-state index contributed by atoms with van der Waals surface area (Å²) in [4.78, 5) is 42.7. The Morgan fingerprint density at radius 1 is 1.20 bits per heavy atom. The van der Waals surface area contributed by atoms with Gasteiger partial charge in [-0.25, -0.2) is 9.78 Å². The number of hydrogen-bond acceptors (Lipinski definition) is 6. The largest absolute Gasteiger partial charge is 0.462 e. The SMILES string of the molecule is CCOC(=O)c1ccc2c(=O)n(C3CCCCC3)c(SCC(=O)C(C)(C)C)nc2c1. The van der Waals surface area contributed by atoms with Crippen molar-refractivity contribution in [1.29, 1.82) is 0 Å².